The topological polar surface area (TPSA) is 76.2 Å². The molecule has 2 aliphatic rings. The summed E-state index contributed by atoms with van der Waals surface area (Å²) in [5.74, 6) is -0.838. The van der Waals surface area contributed by atoms with Crippen LogP contribution >= 0.6 is 0 Å². The molecular formula is C27H24N2O5. The van der Waals surface area contributed by atoms with Crippen LogP contribution in [0.3, 0.4) is 0 Å². The van der Waals surface area contributed by atoms with Gasteiger partial charge in [-0.15, -0.1) is 0 Å². The Morgan fingerprint density at radius 1 is 0.882 bits per heavy atom. The second kappa shape index (κ2) is 9.02. The molecule has 0 N–H and O–H groups in total. The molecule has 2 aliphatic heterocycles. The monoisotopic (exact) mass is 456 g/mol. The third-order valence-electron chi connectivity index (χ3n) is 6.42. The number of likely N-dealkylation sites (tertiary alicyclic amines) is 1. The summed E-state index contributed by atoms with van der Waals surface area (Å²) in [6.07, 6.45) is -1.10. The average molecular weight is 456 g/mol. The van der Waals surface area contributed by atoms with Gasteiger partial charge in [0.2, 0.25) is 5.91 Å². The van der Waals surface area contributed by atoms with E-state index >= 15 is 0 Å². The van der Waals surface area contributed by atoms with E-state index in [0.717, 1.165) is 11.1 Å². The first-order valence-corrected chi connectivity index (χ1v) is 11.1. The van der Waals surface area contributed by atoms with Gasteiger partial charge in [0.15, 0.2) is 12.1 Å². The molecule has 4 unspecified atom stereocenters. The highest BCUT2D eigenvalue weighted by molar-refractivity contribution is 5.95. The van der Waals surface area contributed by atoms with Gasteiger partial charge in [0, 0.05) is 0 Å². The number of hydrogen-bond donors (Lipinski definition) is 0. The number of ether oxygens (including phenoxy) is 2. The van der Waals surface area contributed by atoms with Gasteiger partial charge in [-0.25, -0.2) is 9.59 Å². The summed E-state index contributed by atoms with van der Waals surface area (Å²) >= 11 is 0. The van der Waals surface area contributed by atoms with E-state index < -0.39 is 36.3 Å². The van der Waals surface area contributed by atoms with Gasteiger partial charge in [-0.1, -0.05) is 91.0 Å². The van der Waals surface area contributed by atoms with Crippen molar-refractivity contribution < 1.29 is 23.9 Å². The lowest BCUT2D eigenvalue weighted by molar-refractivity contribution is -0.165. The van der Waals surface area contributed by atoms with Gasteiger partial charge in [-0.2, -0.15) is 0 Å². The molecule has 7 heteroatoms. The number of rotatable bonds is 6. The third-order valence-corrected chi connectivity index (χ3v) is 6.42. The summed E-state index contributed by atoms with van der Waals surface area (Å²) in [4.78, 5) is 42.1. The van der Waals surface area contributed by atoms with Gasteiger partial charge in [0.1, 0.15) is 12.1 Å². The zero-order valence-corrected chi connectivity index (χ0v) is 18.6. The molecule has 3 aromatic carbocycles. The van der Waals surface area contributed by atoms with E-state index in [1.165, 1.54) is 16.9 Å². The Bertz CT molecular complexity index is 1190. The molecule has 7 nitrogen and oxygen atoms in total. The SMILES string of the molecule is COC(=O)C(c1ccccc1)N1CC(N2C(=O)OC(c3ccccc3)C2c2ccccc2)C1=O. The number of carbonyl (C=O) groups excluding carboxylic acids is 3. The quantitative estimate of drug-likeness (QED) is 0.413. The van der Waals surface area contributed by atoms with E-state index in [-0.39, 0.29) is 12.5 Å². The summed E-state index contributed by atoms with van der Waals surface area (Å²) in [5, 5.41) is 0. The van der Waals surface area contributed by atoms with Crippen LogP contribution in [0.15, 0.2) is 91.0 Å². The number of esters is 1. The fraction of sp³-hybridized carbons (Fsp3) is 0.222. The summed E-state index contributed by atoms with van der Waals surface area (Å²) in [6, 6.07) is 26.0. The number of amides is 2. The Labute approximate surface area is 197 Å². The van der Waals surface area contributed by atoms with Crippen molar-refractivity contribution in [3.8, 4) is 0 Å². The highest BCUT2D eigenvalue weighted by atomic mass is 16.6. The van der Waals surface area contributed by atoms with Gasteiger partial charge in [0.05, 0.1) is 13.7 Å². The molecule has 5 rings (SSSR count). The molecule has 34 heavy (non-hydrogen) atoms. The van der Waals surface area contributed by atoms with Crippen molar-refractivity contribution >= 4 is 18.0 Å². The Morgan fingerprint density at radius 3 is 2.00 bits per heavy atom. The van der Waals surface area contributed by atoms with Gasteiger partial charge >= 0.3 is 12.1 Å². The molecule has 3 aromatic rings. The molecule has 0 bridgehead atoms. The van der Waals surface area contributed by atoms with Crippen molar-refractivity contribution in [2.24, 2.45) is 0 Å². The number of methoxy groups -OCH3 is 1. The Kier molecular flexibility index (Phi) is 5.76. The number of hydrogen-bond acceptors (Lipinski definition) is 5. The fourth-order valence-electron chi connectivity index (χ4n) is 4.76. The zero-order valence-electron chi connectivity index (χ0n) is 18.6. The molecule has 0 aromatic heterocycles. The number of β-lactam (4-membered cyclic amide) rings is 1. The van der Waals surface area contributed by atoms with Crippen LogP contribution in [0.25, 0.3) is 0 Å². The lowest BCUT2D eigenvalue weighted by Gasteiger charge is -2.46. The maximum Gasteiger partial charge on any atom is 0.411 e. The molecule has 2 amide bonds. The minimum atomic E-state index is -0.867. The van der Waals surface area contributed by atoms with Crippen LogP contribution in [0.4, 0.5) is 4.79 Å². The first-order chi connectivity index (χ1) is 16.6. The van der Waals surface area contributed by atoms with Gasteiger partial charge in [0.25, 0.3) is 0 Å². The molecule has 0 aliphatic carbocycles. The molecule has 2 heterocycles. The number of nitrogens with zero attached hydrogens (tertiary/aromatic N) is 2. The first kappa shape index (κ1) is 21.7. The third kappa shape index (κ3) is 3.69. The van der Waals surface area contributed by atoms with Crippen LogP contribution in [0.2, 0.25) is 0 Å². The summed E-state index contributed by atoms with van der Waals surface area (Å²) in [5.41, 5.74) is 2.39. The predicted molar refractivity (Wildman–Crippen MR) is 123 cm³/mol. The van der Waals surface area contributed by atoms with Crippen LogP contribution in [-0.2, 0) is 19.1 Å². The summed E-state index contributed by atoms with van der Waals surface area (Å²) in [7, 11) is 1.30. The molecule has 0 saturated carbocycles. The second-order valence-electron chi connectivity index (χ2n) is 8.32. The maximum absolute atomic E-state index is 13.4. The smallest absolute Gasteiger partial charge is 0.411 e. The highest BCUT2D eigenvalue weighted by Gasteiger charge is 2.55. The van der Waals surface area contributed by atoms with Crippen LogP contribution in [-0.4, -0.2) is 47.5 Å². The normalized spacial score (nSPS) is 22.7. The lowest BCUT2D eigenvalue weighted by atomic mass is 9.91. The number of benzene rings is 3. The van der Waals surface area contributed by atoms with Crippen LogP contribution < -0.4 is 0 Å². The van der Waals surface area contributed by atoms with Crippen LogP contribution in [0.5, 0.6) is 0 Å². The van der Waals surface area contributed by atoms with E-state index in [4.69, 9.17) is 9.47 Å². The molecule has 0 radical (unpaired) electrons. The van der Waals surface area contributed by atoms with E-state index in [2.05, 4.69) is 0 Å². The van der Waals surface area contributed by atoms with Gasteiger partial charge in [-0.05, 0) is 16.7 Å². The van der Waals surface area contributed by atoms with Crippen molar-refractivity contribution in [2.45, 2.75) is 24.2 Å². The Hall–Kier alpha value is -4.13. The molecular weight excluding hydrogens is 432 g/mol. The predicted octanol–water partition coefficient (Wildman–Crippen LogP) is 4.05. The first-order valence-electron chi connectivity index (χ1n) is 11.1. The van der Waals surface area contributed by atoms with Gasteiger partial charge in [-0.3, -0.25) is 9.69 Å². The van der Waals surface area contributed by atoms with Gasteiger partial charge < -0.3 is 14.4 Å². The van der Waals surface area contributed by atoms with Crippen molar-refractivity contribution in [3.63, 3.8) is 0 Å². The minimum absolute atomic E-state index is 0.202. The summed E-state index contributed by atoms with van der Waals surface area (Å²) < 4.78 is 10.8. The van der Waals surface area contributed by atoms with Crippen LogP contribution in [0, 0.1) is 0 Å². The zero-order chi connectivity index (χ0) is 23.7. The molecule has 172 valence electrons. The molecule has 0 spiro atoms. The van der Waals surface area contributed by atoms with E-state index in [0.29, 0.717) is 5.56 Å². The Balaban J connectivity index is 1.46. The van der Waals surface area contributed by atoms with E-state index in [1.54, 1.807) is 24.3 Å². The van der Waals surface area contributed by atoms with Crippen molar-refractivity contribution in [2.75, 3.05) is 13.7 Å². The highest BCUT2D eigenvalue weighted by Crippen LogP contribution is 2.46. The molecule has 2 saturated heterocycles. The minimum Gasteiger partial charge on any atom is -0.467 e. The van der Waals surface area contributed by atoms with Crippen molar-refractivity contribution in [1.29, 1.82) is 0 Å². The van der Waals surface area contributed by atoms with E-state index in [9.17, 15) is 14.4 Å². The molecule has 2 fully saturated rings. The number of carbonyl (C=O) groups is 3. The largest absolute Gasteiger partial charge is 0.467 e. The Morgan fingerprint density at radius 2 is 1.44 bits per heavy atom. The van der Waals surface area contributed by atoms with Crippen molar-refractivity contribution in [3.05, 3.63) is 108 Å². The average Bonchev–Trinajstić information content (AvgIpc) is 3.23. The molecule has 4 atom stereocenters. The van der Waals surface area contributed by atoms with E-state index in [1.807, 2.05) is 66.7 Å². The van der Waals surface area contributed by atoms with Crippen LogP contribution in [0.1, 0.15) is 34.9 Å². The summed E-state index contributed by atoms with van der Waals surface area (Å²) in [6.45, 7) is 0.202. The maximum atomic E-state index is 13.4. The number of cyclic esters (lactones) is 1. The van der Waals surface area contributed by atoms with Crippen molar-refractivity contribution in [1.82, 2.24) is 9.80 Å². The lowest BCUT2D eigenvalue weighted by Crippen LogP contribution is -2.66. The standard InChI is InChI=1S/C27H24N2O5/c1-33-26(31)23(19-13-7-3-8-14-19)28-17-21(25(28)30)29-22(18-11-5-2-6-12-18)24(34-27(29)32)20-15-9-4-10-16-20/h2-16,21-24H,17H2,1H3. The fourth-order valence-corrected chi connectivity index (χ4v) is 4.76. The second-order valence-corrected chi connectivity index (χ2v) is 8.32.